The number of hydrogen-bond donors (Lipinski definition) is 2. The number of anilines is 2. The summed E-state index contributed by atoms with van der Waals surface area (Å²) in [5.41, 5.74) is 6.97. The minimum Gasteiger partial charge on any atom is -0.497 e. The molecule has 0 saturated carbocycles. The zero-order valence-corrected chi connectivity index (χ0v) is 17.8. The molecule has 32 heavy (non-hydrogen) atoms. The maximum Gasteiger partial charge on any atom is 0.242 e. The van der Waals surface area contributed by atoms with Gasteiger partial charge in [0.25, 0.3) is 0 Å². The Bertz CT molecular complexity index is 998. The molecule has 0 aromatic heterocycles. The number of benzene rings is 3. The van der Waals surface area contributed by atoms with E-state index < -0.39 is 5.91 Å². The second-order valence-electron chi connectivity index (χ2n) is 7.02. The van der Waals surface area contributed by atoms with E-state index in [9.17, 15) is 14.4 Å². The van der Waals surface area contributed by atoms with Crippen molar-refractivity contribution in [3.8, 4) is 5.75 Å². The van der Waals surface area contributed by atoms with Crippen LogP contribution in [0.15, 0.2) is 84.9 Å². The van der Waals surface area contributed by atoms with Crippen LogP contribution in [0.3, 0.4) is 0 Å². The molecule has 0 radical (unpaired) electrons. The third-order valence-corrected chi connectivity index (χ3v) is 4.71. The highest BCUT2D eigenvalue weighted by molar-refractivity contribution is 6.01. The lowest BCUT2D eigenvalue weighted by molar-refractivity contribution is -0.129. The SMILES string of the molecule is COc1ccc(CC(=O)NNC(=O)CCC(=O)N(c2ccccc2)c2ccccc2)cc1. The van der Waals surface area contributed by atoms with Gasteiger partial charge in [0.1, 0.15) is 5.75 Å². The Morgan fingerprint density at radius 1 is 0.719 bits per heavy atom. The van der Waals surface area contributed by atoms with E-state index in [-0.39, 0.29) is 31.1 Å². The molecule has 3 amide bonds. The first-order valence-corrected chi connectivity index (χ1v) is 10.2. The molecule has 7 nitrogen and oxygen atoms in total. The summed E-state index contributed by atoms with van der Waals surface area (Å²) in [6, 6.07) is 25.6. The van der Waals surface area contributed by atoms with Crippen molar-refractivity contribution in [3.05, 3.63) is 90.5 Å². The number of para-hydroxylation sites is 2. The van der Waals surface area contributed by atoms with Gasteiger partial charge in [0.2, 0.25) is 17.7 Å². The monoisotopic (exact) mass is 431 g/mol. The number of carbonyl (C=O) groups is 3. The van der Waals surface area contributed by atoms with E-state index in [0.29, 0.717) is 5.75 Å². The van der Waals surface area contributed by atoms with Crippen LogP contribution in [0.1, 0.15) is 18.4 Å². The largest absolute Gasteiger partial charge is 0.497 e. The van der Waals surface area contributed by atoms with Gasteiger partial charge in [-0.15, -0.1) is 0 Å². The summed E-state index contributed by atoms with van der Waals surface area (Å²) in [4.78, 5) is 38.7. The zero-order chi connectivity index (χ0) is 22.8. The van der Waals surface area contributed by atoms with E-state index >= 15 is 0 Å². The summed E-state index contributed by atoms with van der Waals surface area (Å²) in [5.74, 6) is -0.318. The number of nitrogens with zero attached hydrogens (tertiary/aromatic N) is 1. The molecular weight excluding hydrogens is 406 g/mol. The molecule has 0 aliphatic heterocycles. The van der Waals surface area contributed by atoms with Gasteiger partial charge in [-0.25, -0.2) is 0 Å². The Hall–Kier alpha value is -4.13. The van der Waals surface area contributed by atoms with Crippen molar-refractivity contribution in [3.63, 3.8) is 0 Å². The lowest BCUT2D eigenvalue weighted by atomic mass is 10.1. The summed E-state index contributed by atoms with van der Waals surface area (Å²) in [6.45, 7) is 0. The molecule has 0 aliphatic rings. The molecule has 0 unspecified atom stereocenters. The smallest absolute Gasteiger partial charge is 0.242 e. The Balaban J connectivity index is 1.51. The molecule has 0 fully saturated rings. The maximum absolute atomic E-state index is 12.9. The maximum atomic E-state index is 12.9. The standard InChI is InChI=1S/C25H25N3O4/c1-32-22-14-12-19(13-15-22)18-24(30)27-26-23(29)16-17-25(31)28(20-8-4-2-5-9-20)21-10-6-3-7-11-21/h2-15H,16-18H2,1H3,(H,26,29)(H,27,30). The molecule has 0 atom stereocenters. The Morgan fingerprint density at radius 2 is 1.25 bits per heavy atom. The fourth-order valence-corrected chi connectivity index (χ4v) is 3.10. The molecule has 7 heteroatoms. The van der Waals surface area contributed by atoms with Gasteiger partial charge >= 0.3 is 0 Å². The van der Waals surface area contributed by atoms with E-state index in [1.807, 2.05) is 60.7 Å². The van der Waals surface area contributed by atoms with E-state index in [1.54, 1.807) is 36.3 Å². The lowest BCUT2D eigenvalue weighted by Gasteiger charge is -2.23. The van der Waals surface area contributed by atoms with Gasteiger partial charge in [0.05, 0.1) is 13.5 Å². The van der Waals surface area contributed by atoms with Crippen molar-refractivity contribution in [2.24, 2.45) is 0 Å². The van der Waals surface area contributed by atoms with Crippen molar-refractivity contribution in [1.29, 1.82) is 0 Å². The zero-order valence-electron chi connectivity index (χ0n) is 17.8. The highest BCUT2D eigenvalue weighted by atomic mass is 16.5. The fraction of sp³-hybridized carbons (Fsp3) is 0.160. The van der Waals surface area contributed by atoms with Gasteiger partial charge < -0.3 is 4.74 Å². The van der Waals surface area contributed by atoms with Crippen molar-refractivity contribution in [2.45, 2.75) is 19.3 Å². The summed E-state index contributed by atoms with van der Waals surface area (Å²) in [6.07, 6.45) is 0.0424. The minimum atomic E-state index is -0.442. The normalized spacial score (nSPS) is 10.2. The Morgan fingerprint density at radius 3 is 1.78 bits per heavy atom. The van der Waals surface area contributed by atoms with Crippen LogP contribution in [0.4, 0.5) is 11.4 Å². The van der Waals surface area contributed by atoms with Crippen molar-refractivity contribution >= 4 is 29.1 Å². The highest BCUT2D eigenvalue weighted by Gasteiger charge is 2.19. The number of amides is 3. The molecule has 0 spiro atoms. The summed E-state index contributed by atoms with van der Waals surface area (Å²) < 4.78 is 5.08. The quantitative estimate of drug-likeness (QED) is 0.534. The minimum absolute atomic E-state index is 0.00995. The summed E-state index contributed by atoms with van der Waals surface area (Å²) >= 11 is 0. The van der Waals surface area contributed by atoms with Crippen LogP contribution < -0.4 is 20.5 Å². The van der Waals surface area contributed by atoms with E-state index in [1.165, 1.54) is 0 Å². The van der Waals surface area contributed by atoms with Gasteiger partial charge in [-0.3, -0.25) is 30.1 Å². The molecule has 0 heterocycles. The number of ether oxygens (including phenoxy) is 1. The van der Waals surface area contributed by atoms with Crippen molar-refractivity contribution < 1.29 is 19.1 Å². The summed E-state index contributed by atoms with van der Waals surface area (Å²) in [5, 5.41) is 0. The first-order chi connectivity index (χ1) is 15.6. The van der Waals surface area contributed by atoms with Crippen molar-refractivity contribution in [1.82, 2.24) is 10.9 Å². The number of hydrogen-bond acceptors (Lipinski definition) is 4. The summed E-state index contributed by atoms with van der Waals surface area (Å²) in [7, 11) is 1.57. The average Bonchev–Trinajstić information content (AvgIpc) is 2.83. The fourth-order valence-electron chi connectivity index (χ4n) is 3.10. The lowest BCUT2D eigenvalue weighted by Crippen LogP contribution is -2.42. The predicted octanol–water partition coefficient (Wildman–Crippen LogP) is 3.53. The number of methoxy groups -OCH3 is 1. The van der Waals surface area contributed by atoms with E-state index in [2.05, 4.69) is 10.9 Å². The predicted molar refractivity (Wildman–Crippen MR) is 122 cm³/mol. The third kappa shape index (κ3) is 6.43. The molecular formula is C25H25N3O4. The molecule has 0 saturated heterocycles. The number of rotatable bonds is 8. The van der Waals surface area contributed by atoms with Gasteiger partial charge in [0.15, 0.2) is 0 Å². The Kier molecular flexibility index (Phi) is 7.97. The van der Waals surface area contributed by atoms with Crippen LogP contribution in [0.25, 0.3) is 0 Å². The van der Waals surface area contributed by atoms with Gasteiger partial charge in [-0.1, -0.05) is 48.5 Å². The molecule has 3 aromatic rings. The average molecular weight is 431 g/mol. The number of nitrogens with one attached hydrogen (secondary N) is 2. The van der Waals surface area contributed by atoms with Crippen molar-refractivity contribution in [2.75, 3.05) is 12.0 Å². The second kappa shape index (κ2) is 11.3. The molecule has 0 aliphatic carbocycles. The van der Waals surface area contributed by atoms with E-state index in [0.717, 1.165) is 16.9 Å². The third-order valence-electron chi connectivity index (χ3n) is 4.71. The van der Waals surface area contributed by atoms with Gasteiger partial charge in [0, 0.05) is 24.2 Å². The first-order valence-electron chi connectivity index (χ1n) is 10.2. The topological polar surface area (TPSA) is 87.7 Å². The second-order valence-corrected chi connectivity index (χ2v) is 7.02. The number of carbonyl (C=O) groups excluding carboxylic acids is 3. The van der Waals surface area contributed by atoms with Crippen LogP contribution >= 0.6 is 0 Å². The highest BCUT2D eigenvalue weighted by Crippen LogP contribution is 2.26. The molecule has 164 valence electrons. The van der Waals surface area contributed by atoms with Gasteiger partial charge in [-0.05, 0) is 42.0 Å². The molecule has 3 aromatic carbocycles. The molecule has 3 rings (SSSR count). The van der Waals surface area contributed by atoms with Crippen LogP contribution in [0.2, 0.25) is 0 Å². The van der Waals surface area contributed by atoms with Crippen LogP contribution in [0.5, 0.6) is 5.75 Å². The van der Waals surface area contributed by atoms with Crippen LogP contribution in [0, 0.1) is 0 Å². The molecule has 0 bridgehead atoms. The van der Waals surface area contributed by atoms with E-state index in [4.69, 9.17) is 4.74 Å². The van der Waals surface area contributed by atoms with Crippen LogP contribution in [-0.4, -0.2) is 24.8 Å². The van der Waals surface area contributed by atoms with Crippen LogP contribution in [-0.2, 0) is 20.8 Å². The number of hydrazine groups is 1. The van der Waals surface area contributed by atoms with Gasteiger partial charge in [-0.2, -0.15) is 0 Å². The Labute approximate surface area is 187 Å². The first kappa shape index (κ1) is 22.6. The molecule has 2 N–H and O–H groups in total.